The van der Waals surface area contributed by atoms with E-state index in [-0.39, 0.29) is 18.0 Å². The number of urea groups is 1. The van der Waals surface area contributed by atoms with Crippen molar-refractivity contribution in [2.24, 2.45) is 0 Å². The van der Waals surface area contributed by atoms with Gasteiger partial charge in [0.15, 0.2) is 0 Å². The molecule has 0 aromatic heterocycles. The van der Waals surface area contributed by atoms with E-state index in [1.165, 1.54) is 0 Å². The molecule has 2 N–H and O–H groups in total. The molecule has 3 amide bonds. The number of carbonyl (C=O) groups is 2. The number of ether oxygens (including phenoxy) is 1. The predicted octanol–water partition coefficient (Wildman–Crippen LogP) is 3.07. The molecule has 1 aromatic carbocycles. The van der Waals surface area contributed by atoms with Crippen molar-refractivity contribution in [2.45, 2.75) is 39.2 Å². The highest BCUT2D eigenvalue weighted by atomic mass is 16.5. The first-order valence-electron chi connectivity index (χ1n) is 8.19. The molecule has 2 rings (SSSR count). The van der Waals surface area contributed by atoms with E-state index >= 15 is 0 Å². The number of hydrogen-bond donors (Lipinski definition) is 2. The summed E-state index contributed by atoms with van der Waals surface area (Å²) < 4.78 is 5.61. The second-order valence-corrected chi connectivity index (χ2v) is 5.57. The summed E-state index contributed by atoms with van der Waals surface area (Å²) in [6.45, 7) is 5.82. The maximum Gasteiger partial charge on any atom is 0.321 e. The van der Waals surface area contributed by atoms with Gasteiger partial charge in [-0.05, 0) is 44.0 Å². The molecule has 1 aliphatic heterocycles. The van der Waals surface area contributed by atoms with Gasteiger partial charge in [-0.1, -0.05) is 6.92 Å². The van der Waals surface area contributed by atoms with Gasteiger partial charge in [-0.15, -0.1) is 0 Å². The van der Waals surface area contributed by atoms with Crippen molar-refractivity contribution in [1.82, 2.24) is 4.90 Å². The summed E-state index contributed by atoms with van der Waals surface area (Å²) in [6, 6.07) is 7.02. The van der Waals surface area contributed by atoms with Gasteiger partial charge in [0.2, 0.25) is 5.91 Å². The Morgan fingerprint density at radius 2 is 1.83 bits per heavy atom. The lowest BCUT2D eigenvalue weighted by atomic mass is 10.1. The Morgan fingerprint density at radius 3 is 2.43 bits per heavy atom. The number of anilines is 2. The second-order valence-electron chi connectivity index (χ2n) is 5.57. The maximum atomic E-state index is 12.3. The van der Waals surface area contributed by atoms with Crippen LogP contribution in [0.2, 0.25) is 0 Å². The summed E-state index contributed by atoms with van der Waals surface area (Å²) in [5, 5.41) is 5.66. The van der Waals surface area contributed by atoms with Crippen LogP contribution in [0, 0.1) is 0 Å². The van der Waals surface area contributed by atoms with Gasteiger partial charge in [-0.25, -0.2) is 4.79 Å². The molecule has 1 heterocycles. The van der Waals surface area contributed by atoms with Crippen molar-refractivity contribution in [3.05, 3.63) is 24.3 Å². The molecule has 6 heteroatoms. The zero-order chi connectivity index (χ0) is 16.7. The van der Waals surface area contributed by atoms with Crippen LogP contribution in [-0.2, 0) is 9.53 Å². The monoisotopic (exact) mass is 319 g/mol. The van der Waals surface area contributed by atoms with Crippen LogP contribution < -0.4 is 10.6 Å². The number of likely N-dealkylation sites (tertiary alicyclic amines) is 1. The fourth-order valence-corrected chi connectivity index (χ4v) is 2.58. The van der Waals surface area contributed by atoms with Crippen LogP contribution in [0.4, 0.5) is 16.2 Å². The second kappa shape index (κ2) is 8.53. The van der Waals surface area contributed by atoms with Crippen molar-refractivity contribution in [2.75, 3.05) is 30.3 Å². The van der Waals surface area contributed by atoms with Crippen LogP contribution in [-0.4, -0.2) is 42.6 Å². The zero-order valence-corrected chi connectivity index (χ0v) is 13.8. The van der Waals surface area contributed by atoms with Gasteiger partial charge in [-0.3, -0.25) is 4.79 Å². The number of amides is 3. The highest BCUT2D eigenvalue weighted by Crippen LogP contribution is 2.17. The van der Waals surface area contributed by atoms with Crippen molar-refractivity contribution in [1.29, 1.82) is 0 Å². The number of piperidine rings is 1. The molecular formula is C17H25N3O3. The Labute approximate surface area is 137 Å². The molecular weight excluding hydrogens is 294 g/mol. The third-order valence-corrected chi connectivity index (χ3v) is 3.81. The van der Waals surface area contributed by atoms with Gasteiger partial charge in [-0.2, -0.15) is 0 Å². The zero-order valence-electron chi connectivity index (χ0n) is 13.8. The lowest BCUT2D eigenvalue weighted by molar-refractivity contribution is -0.115. The molecule has 23 heavy (non-hydrogen) atoms. The molecule has 1 saturated heterocycles. The van der Waals surface area contributed by atoms with E-state index < -0.39 is 0 Å². The van der Waals surface area contributed by atoms with Gasteiger partial charge in [0.1, 0.15) is 0 Å². The lowest BCUT2D eigenvalue weighted by Gasteiger charge is -2.32. The van der Waals surface area contributed by atoms with E-state index in [9.17, 15) is 9.59 Å². The fraction of sp³-hybridized carbons (Fsp3) is 0.529. The third kappa shape index (κ3) is 5.25. The minimum atomic E-state index is -0.111. The molecule has 1 aromatic rings. The van der Waals surface area contributed by atoms with Crippen molar-refractivity contribution < 1.29 is 14.3 Å². The average molecular weight is 319 g/mol. The number of benzene rings is 1. The first-order chi connectivity index (χ1) is 11.1. The smallest absolute Gasteiger partial charge is 0.321 e. The Balaban J connectivity index is 1.88. The van der Waals surface area contributed by atoms with E-state index in [4.69, 9.17) is 4.74 Å². The summed E-state index contributed by atoms with van der Waals surface area (Å²) in [7, 11) is 0. The molecule has 0 bridgehead atoms. The predicted molar refractivity (Wildman–Crippen MR) is 90.6 cm³/mol. The summed E-state index contributed by atoms with van der Waals surface area (Å²) in [6.07, 6.45) is 2.53. The first-order valence-corrected chi connectivity index (χ1v) is 8.19. The van der Waals surface area contributed by atoms with E-state index in [1.807, 2.05) is 6.92 Å². The minimum Gasteiger partial charge on any atom is -0.377 e. The molecule has 1 fully saturated rings. The quantitative estimate of drug-likeness (QED) is 0.876. The average Bonchev–Trinajstić information content (AvgIpc) is 2.57. The van der Waals surface area contributed by atoms with E-state index in [0.29, 0.717) is 25.3 Å². The van der Waals surface area contributed by atoms with Gasteiger partial charge in [0.25, 0.3) is 0 Å². The number of nitrogens with one attached hydrogen (secondary N) is 2. The Bertz CT molecular complexity index is 528. The molecule has 6 nitrogen and oxygen atoms in total. The standard InChI is InChI=1S/C17H25N3O3/c1-3-16(21)18-13-7-9-14(10-8-13)19-17(22)20-11-5-6-15(12-20)23-4-2/h7-10,15H,3-6,11-12H2,1-2H3,(H,18,21)(H,19,22)/t15-/m1/s1. The van der Waals surface area contributed by atoms with Gasteiger partial charge < -0.3 is 20.3 Å². The maximum absolute atomic E-state index is 12.3. The molecule has 0 unspecified atom stereocenters. The Morgan fingerprint density at radius 1 is 1.17 bits per heavy atom. The van der Waals surface area contributed by atoms with Gasteiger partial charge >= 0.3 is 6.03 Å². The number of hydrogen-bond acceptors (Lipinski definition) is 3. The van der Waals surface area contributed by atoms with Crippen molar-refractivity contribution in [3.8, 4) is 0 Å². The SMILES string of the molecule is CCO[C@@H]1CCCN(C(=O)Nc2ccc(NC(=O)CC)cc2)C1. The molecule has 0 radical (unpaired) electrons. The third-order valence-electron chi connectivity index (χ3n) is 3.81. The number of carbonyl (C=O) groups excluding carboxylic acids is 2. The van der Waals surface area contributed by atoms with E-state index in [2.05, 4.69) is 10.6 Å². The van der Waals surface area contributed by atoms with Crippen LogP contribution in [0.1, 0.15) is 33.1 Å². The van der Waals surface area contributed by atoms with Crippen LogP contribution in [0.3, 0.4) is 0 Å². The summed E-state index contributed by atoms with van der Waals surface area (Å²) >= 11 is 0. The normalized spacial score (nSPS) is 17.7. The first kappa shape index (κ1) is 17.3. The van der Waals surface area contributed by atoms with Crippen molar-refractivity contribution in [3.63, 3.8) is 0 Å². The molecule has 0 spiro atoms. The summed E-state index contributed by atoms with van der Waals surface area (Å²) in [4.78, 5) is 25.4. The Kier molecular flexibility index (Phi) is 6.40. The fourth-order valence-electron chi connectivity index (χ4n) is 2.58. The van der Waals surface area contributed by atoms with Crippen LogP contribution in [0.15, 0.2) is 24.3 Å². The van der Waals surface area contributed by atoms with Gasteiger partial charge in [0.05, 0.1) is 6.10 Å². The number of nitrogens with zero attached hydrogens (tertiary/aromatic N) is 1. The van der Waals surface area contributed by atoms with E-state index in [1.54, 1.807) is 36.1 Å². The molecule has 0 aliphatic carbocycles. The summed E-state index contributed by atoms with van der Waals surface area (Å²) in [5.41, 5.74) is 1.44. The topological polar surface area (TPSA) is 70.7 Å². The minimum absolute atomic E-state index is 0.0305. The highest BCUT2D eigenvalue weighted by molar-refractivity contribution is 5.92. The molecule has 0 saturated carbocycles. The number of rotatable bonds is 5. The van der Waals surface area contributed by atoms with Gasteiger partial charge in [0, 0.05) is 37.5 Å². The molecule has 126 valence electrons. The molecule has 1 aliphatic rings. The Hall–Kier alpha value is -2.08. The van der Waals surface area contributed by atoms with Crippen LogP contribution >= 0.6 is 0 Å². The largest absolute Gasteiger partial charge is 0.377 e. The highest BCUT2D eigenvalue weighted by Gasteiger charge is 2.23. The molecule has 1 atom stereocenters. The van der Waals surface area contributed by atoms with Crippen LogP contribution in [0.5, 0.6) is 0 Å². The summed E-state index contributed by atoms with van der Waals surface area (Å²) in [5.74, 6) is -0.0305. The van der Waals surface area contributed by atoms with Crippen LogP contribution in [0.25, 0.3) is 0 Å². The van der Waals surface area contributed by atoms with Crippen molar-refractivity contribution >= 4 is 23.3 Å². The van der Waals surface area contributed by atoms with E-state index in [0.717, 1.165) is 25.1 Å². The lowest BCUT2D eigenvalue weighted by Crippen LogP contribution is -2.45.